The lowest BCUT2D eigenvalue weighted by Gasteiger charge is -2.25. The summed E-state index contributed by atoms with van der Waals surface area (Å²) in [6, 6.07) is 0. The van der Waals surface area contributed by atoms with Crippen LogP contribution in [0.1, 0.15) is 12.8 Å². The van der Waals surface area contributed by atoms with E-state index in [0.717, 1.165) is 4.90 Å². The molecule has 0 aromatic heterocycles. The van der Waals surface area contributed by atoms with Gasteiger partial charge in [0.2, 0.25) is 5.91 Å². The predicted molar refractivity (Wildman–Crippen MR) is 41.7 cm³/mol. The summed E-state index contributed by atoms with van der Waals surface area (Å²) in [4.78, 5) is 22.1. The molecule has 0 saturated carbocycles. The Kier molecular flexibility index (Phi) is 2.38. The van der Waals surface area contributed by atoms with Gasteiger partial charge in [0.15, 0.2) is 0 Å². The number of amides is 2. The number of piperidine rings is 1. The highest BCUT2D eigenvalue weighted by atomic mass is 32.1. The van der Waals surface area contributed by atoms with Gasteiger partial charge in [-0.25, -0.2) is 9.69 Å². The smallest absolute Gasteiger partial charge is 0.414 e. The number of nitrogens with zero attached hydrogens (tertiary/aromatic N) is 1. The molecule has 0 aliphatic carbocycles. The van der Waals surface area contributed by atoms with E-state index < -0.39 is 6.09 Å². The van der Waals surface area contributed by atoms with Crippen molar-refractivity contribution in [2.45, 2.75) is 18.1 Å². The zero-order chi connectivity index (χ0) is 8.43. The molecule has 0 aromatic carbocycles. The van der Waals surface area contributed by atoms with Crippen molar-refractivity contribution in [1.82, 2.24) is 4.90 Å². The Hall–Kier alpha value is -0.710. The summed E-state index contributed by atoms with van der Waals surface area (Å²) >= 11 is 4.09. The van der Waals surface area contributed by atoms with Gasteiger partial charge in [0.05, 0.1) is 0 Å². The third-order valence-corrected chi connectivity index (χ3v) is 2.07. The zero-order valence-corrected chi connectivity index (χ0v) is 6.75. The summed E-state index contributed by atoms with van der Waals surface area (Å²) in [5.74, 6) is -0.344. The van der Waals surface area contributed by atoms with Crippen molar-refractivity contribution in [3.8, 4) is 0 Å². The van der Waals surface area contributed by atoms with E-state index in [2.05, 4.69) is 12.6 Å². The van der Waals surface area contributed by atoms with Gasteiger partial charge in [0.25, 0.3) is 0 Å². The molecule has 4 nitrogen and oxygen atoms in total. The molecule has 1 rings (SSSR count). The average Bonchev–Trinajstić information content (AvgIpc) is 1.85. The maximum Gasteiger partial charge on any atom is 0.414 e. The number of imide groups is 1. The number of carboxylic acid groups (broad SMARTS) is 1. The van der Waals surface area contributed by atoms with Crippen LogP contribution in [0, 0.1) is 0 Å². The predicted octanol–water partition coefficient (Wildman–Crippen LogP) is 0.585. The number of carbonyl (C=O) groups is 2. The summed E-state index contributed by atoms with van der Waals surface area (Å²) in [5.41, 5.74) is 0. The number of thiol groups is 1. The van der Waals surface area contributed by atoms with Gasteiger partial charge >= 0.3 is 6.09 Å². The quantitative estimate of drug-likeness (QED) is 0.530. The van der Waals surface area contributed by atoms with E-state index in [1.54, 1.807) is 0 Å². The highest BCUT2D eigenvalue weighted by Crippen LogP contribution is 2.16. The van der Waals surface area contributed by atoms with Gasteiger partial charge in [0.1, 0.15) is 0 Å². The van der Waals surface area contributed by atoms with Crippen LogP contribution < -0.4 is 0 Å². The van der Waals surface area contributed by atoms with Gasteiger partial charge in [-0.3, -0.25) is 4.79 Å². The summed E-state index contributed by atoms with van der Waals surface area (Å²) < 4.78 is 0. The van der Waals surface area contributed by atoms with Crippen molar-refractivity contribution in [3.63, 3.8) is 0 Å². The molecular formula is C6H9NO3S. The zero-order valence-electron chi connectivity index (χ0n) is 5.86. The van der Waals surface area contributed by atoms with E-state index in [1.165, 1.54) is 0 Å². The van der Waals surface area contributed by atoms with Gasteiger partial charge in [-0.15, -0.1) is 0 Å². The molecule has 1 heterocycles. The van der Waals surface area contributed by atoms with Crippen molar-refractivity contribution in [3.05, 3.63) is 0 Å². The second-order valence-electron chi connectivity index (χ2n) is 2.47. The molecule has 0 aromatic rings. The first-order valence-corrected chi connectivity index (χ1v) is 3.84. The lowest BCUT2D eigenvalue weighted by Crippen LogP contribution is -2.42. The highest BCUT2D eigenvalue weighted by Gasteiger charge is 2.27. The Morgan fingerprint density at radius 1 is 1.73 bits per heavy atom. The molecule has 1 fully saturated rings. The Bertz CT molecular complexity index is 194. The molecule has 1 saturated heterocycles. The molecule has 1 atom stereocenters. The van der Waals surface area contributed by atoms with Crippen molar-refractivity contribution >= 4 is 24.6 Å². The Morgan fingerprint density at radius 3 is 2.82 bits per heavy atom. The maximum absolute atomic E-state index is 10.9. The summed E-state index contributed by atoms with van der Waals surface area (Å²) in [6.07, 6.45) is -0.272. The number of hydrogen-bond acceptors (Lipinski definition) is 3. The molecule has 1 unspecified atom stereocenters. The number of likely N-dealkylation sites (tertiary alicyclic amines) is 1. The van der Waals surface area contributed by atoms with Crippen LogP contribution in [0.25, 0.3) is 0 Å². The fraction of sp³-hybridized carbons (Fsp3) is 0.667. The van der Waals surface area contributed by atoms with Crippen LogP contribution in [0.4, 0.5) is 4.79 Å². The number of carbonyl (C=O) groups excluding carboxylic acids is 1. The van der Waals surface area contributed by atoms with Gasteiger partial charge in [-0.1, -0.05) is 0 Å². The summed E-state index contributed by atoms with van der Waals surface area (Å²) in [6.45, 7) is 0.280. The third-order valence-electron chi connectivity index (χ3n) is 1.63. The van der Waals surface area contributed by atoms with E-state index in [9.17, 15) is 9.59 Å². The highest BCUT2D eigenvalue weighted by molar-refractivity contribution is 7.81. The third kappa shape index (κ3) is 1.86. The molecule has 2 amide bonds. The van der Waals surface area contributed by atoms with E-state index in [0.29, 0.717) is 6.42 Å². The Morgan fingerprint density at radius 2 is 2.36 bits per heavy atom. The van der Waals surface area contributed by atoms with Crippen LogP contribution in [0.5, 0.6) is 0 Å². The molecule has 0 bridgehead atoms. The molecule has 5 heteroatoms. The standard InChI is InChI=1S/C6H9NO3S/c8-5-3-4(11)1-2-7(5)6(9)10/h4,11H,1-3H2,(H,9,10). The van der Waals surface area contributed by atoms with E-state index in [1.807, 2.05) is 0 Å². The van der Waals surface area contributed by atoms with Gasteiger partial charge in [0, 0.05) is 18.2 Å². The van der Waals surface area contributed by atoms with Crippen molar-refractivity contribution in [2.24, 2.45) is 0 Å². The van der Waals surface area contributed by atoms with E-state index >= 15 is 0 Å². The minimum absolute atomic E-state index is 0.0260. The summed E-state index contributed by atoms with van der Waals surface area (Å²) in [7, 11) is 0. The molecule has 1 N–H and O–H groups in total. The maximum atomic E-state index is 10.9. The Labute approximate surface area is 69.6 Å². The van der Waals surface area contributed by atoms with Crippen molar-refractivity contribution in [2.75, 3.05) is 6.54 Å². The lowest BCUT2D eigenvalue weighted by atomic mass is 10.1. The molecule has 0 radical (unpaired) electrons. The minimum atomic E-state index is -1.16. The Balaban J connectivity index is 2.58. The normalized spacial score (nSPS) is 25.4. The second kappa shape index (κ2) is 3.13. The van der Waals surface area contributed by atoms with Gasteiger partial charge in [-0.2, -0.15) is 12.6 Å². The summed E-state index contributed by atoms with van der Waals surface area (Å²) in [5, 5.41) is 8.50. The fourth-order valence-electron chi connectivity index (χ4n) is 1.02. The molecule has 62 valence electrons. The van der Waals surface area contributed by atoms with Crippen LogP contribution in [0.3, 0.4) is 0 Å². The first-order chi connectivity index (χ1) is 5.11. The van der Waals surface area contributed by atoms with E-state index in [4.69, 9.17) is 5.11 Å². The van der Waals surface area contributed by atoms with Gasteiger partial charge in [-0.05, 0) is 6.42 Å². The van der Waals surface area contributed by atoms with Crippen LogP contribution in [0.2, 0.25) is 0 Å². The molecule has 1 aliphatic heterocycles. The van der Waals surface area contributed by atoms with Crippen molar-refractivity contribution in [1.29, 1.82) is 0 Å². The average molecular weight is 175 g/mol. The number of hydrogen-bond donors (Lipinski definition) is 2. The van der Waals surface area contributed by atoms with Crippen molar-refractivity contribution < 1.29 is 14.7 Å². The number of rotatable bonds is 0. The molecule has 1 aliphatic rings. The lowest BCUT2D eigenvalue weighted by molar-refractivity contribution is -0.130. The van der Waals surface area contributed by atoms with E-state index in [-0.39, 0.29) is 24.1 Å². The topological polar surface area (TPSA) is 57.6 Å². The fourth-order valence-corrected chi connectivity index (χ4v) is 1.29. The minimum Gasteiger partial charge on any atom is -0.465 e. The molecule has 0 spiro atoms. The van der Waals surface area contributed by atoms with Crippen LogP contribution in [-0.4, -0.2) is 33.8 Å². The largest absolute Gasteiger partial charge is 0.465 e. The SMILES string of the molecule is O=C(O)N1CCC(S)CC1=O. The molecular weight excluding hydrogens is 166 g/mol. The second-order valence-corrected chi connectivity index (χ2v) is 3.20. The first kappa shape index (κ1) is 8.39. The van der Waals surface area contributed by atoms with Gasteiger partial charge < -0.3 is 5.11 Å². The monoisotopic (exact) mass is 175 g/mol. The van der Waals surface area contributed by atoms with Crippen LogP contribution >= 0.6 is 12.6 Å². The van der Waals surface area contributed by atoms with Crippen LogP contribution in [0.15, 0.2) is 0 Å². The molecule has 11 heavy (non-hydrogen) atoms. The first-order valence-electron chi connectivity index (χ1n) is 3.32. The van der Waals surface area contributed by atoms with Crippen LogP contribution in [-0.2, 0) is 4.79 Å².